The van der Waals surface area contributed by atoms with Crippen LogP contribution in [0.4, 0.5) is 13.2 Å². The summed E-state index contributed by atoms with van der Waals surface area (Å²) >= 11 is 0. The van der Waals surface area contributed by atoms with E-state index in [0.717, 1.165) is 11.1 Å². The van der Waals surface area contributed by atoms with E-state index in [9.17, 15) is 13.2 Å². The Morgan fingerprint density at radius 1 is 1.40 bits per heavy atom. The van der Waals surface area contributed by atoms with E-state index in [-0.39, 0.29) is 12.3 Å². The molecule has 7 heteroatoms. The summed E-state index contributed by atoms with van der Waals surface area (Å²) in [7, 11) is 0. The molecule has 1 aromatic rings. The van der Waals surface area contributed by atoms with Crippen molar-refractivity contribution in [1.29, 1.82) is 0 Å². The van der Waals surface area contributed by atoms with Gasteiger partial charge >= 0.3 is 6.18 Å². The maximum atomic E-state index is 12.0. The first-order valence-corrected chi connectivity index (χ1v) is 6.18. The second kappa shape index (κ2) is 7.14. The van der Waals surface area contributed by atoms with Gasteiger partial charge in [-0.3, -0.25) is 0 Å². The number of hydrogen-bond donors (Lipinski definition) is 3. The van der Waals surface area contributed by atoms with Crippen LogP contribution in [0.25, 0.3) is 0 Å². The fraction of sp³-hybridized carbons (Fsp3) is 0.462. The Kier molecular flexibility index (Phi) is 5.82. The molecule has 0 bridgehead atoms. The van der Waals surface area contributed by atoms with Crippen molar-refractivity contribution in [1.82, 2.24) is 5.32 Å². The Morgan fingerprint density at radius 3 is 2.65 bits per heavy atom. The minimum Gasteiger partial charge on any atom is -0.409 e. The molecule has 0 atom stereocenters. The van der Waals surface area contributed by atoms with E-state index in [4.69, 9.17) is 10.9 Å². The molecular weight excluding hydrogens is 271 g/mol. The van der Waals surface area contributed by atoms with Gasteiger partial charge in [0.15, 0.2) is 5.84 Å². The molecule has 0 unspecified atom stereocenters. The fourth-order valence-electron chi connectivity index (χ4n) is 1.75. The molecule has 0 heterocycles. The smallest absolute Gasteiger partial charge is 0.389 e. The van der Waals surface area contributed by atoms with Crippen molar-refractivity contribution < 1.29 is 18.4 Å². The number of oxime groups is 1. The first kappa shape index (κ1) is 16.3. The van der Waals surface area contributed by atoms with Crippen LogP contribution in [0, 0.1) is 6.92 Å². The standard InChI is InChI=1S/C13H18F3N3O/c1-9-7-10(12(17)19-20)3-4-11(9)8-18-6-2-5-13(14,15)16/h3-4,7,18,20H,2,5-6,8H2,1H3,(H2,17,19). The lowest BCUT2D eigenvalue weighted by molar-refractivity contribution is -0.135. The van der Waals surface area contributed by atoms with E-state index < -0.39 is 12.6 Å². The van der Waals surface area contributed by atoms with Crippen molar-refractivity contribution in [3.05, 3.63) is 34.9 Å². The zero-order valence-electron chi connectivity index (χ0n) is 11.2. The minimum absolute atomic E-state index is 0.0257. The molecular formula is C13H18F3N3O. The fourth-order valence-corrected chi connectivity index (χ4v) is 1.75. The van der Waals surface area contributed by atoms with Crippen LogP contribution in [-0.2, 0) is 6.54 Å². The summed E-state index contributed by atoms with van der Waals surface area (Å²) in [4.78, 5) is 0. The largest absolute Gasteiger partial charge is 0.409 e. The SMILES string of the molecule is Cc1cc(/C(N)=N/O)ccc1CNCCCC(F)(F)F. The summed E-state index contributed by atoms with van der Waals surface area (Å²) in [5.41, 5.74) is 7.97. The Balaban J connectivity index is 2.45. The third-order valence-corrected chi connectivity index (χ3v) is 2.88. The summed E-state index contributed by atoms with van der Waals surface area (Å²) < 4.78 is 35.9. The lowest BCUT2D eigenvalue weighted by Crippen LogP contribution is -2.19. The van der Waals surface area contributed by atoms with Crippen LogP contribution in [0.5, 0.6) is 0 Å². The number of nitrogens with zero attached hydrogens (tertiary/aromatic N) is 1. The maximum Gasteiger partial charge on any atom is 0.389 e. The van der Waals surface area contributed by atoms with E-state index in [0.29, 0.717) is 18.7 Å². The maximum absolute atomic E-state index is 12.0. The summed E-state index contributed by atoms with van der Waals surface area (Å²) in [5, 5.41) is 14.5. The Labute approximate surface area is 115 Å². The van der Waals surface area contributed by atoms with Gasteiger partial charge in [0.2, 0.25) is 0 Å². The molecule has 4 N–H and O–H groups in total. The molecule has 0 fully saturated rings. The number of hydrogen-bond acceptors (Lipinski definition) is 3. The van der Waals surface area contributed by atoms with Crippen molar-refractivity contribution in [3.63, 3.8) is 0 Å². The van der Waals surface area contributed by atoms with E-state index in [1.165, 1.54) is 0 Å². The van der Waals surface area contributed by atoms with Crippen molar-refractivity contribution in [2.45, 2.75) is 32.5 Å². The highest BCUT2D eigenvalue weighted by molar-refractivity contribution is 5.97. The molecule has 4 nitrogen and oxygen atoms in total. The molecule has 0 aliphatic heterocycles. The normalized spacial score (nSPS) is 12.7. The van der Waals surface area contributed by atoms with Crippen molar-refractivity contribution in [3.8, 4) is 0 Å². The molecule has 0 radical (unpaired) electrons. The topological polar surface area (TPSA) is 70.6 Å². The average molecular weight is 289 g/mol. The number of amidine groups is 1. The van der Waals surface area contributed by atoms with Crippen LogP contribution in [0.3, 0.4) is 0 Å². The van der Waals surface area contributed by atoms with Crippen molar-refractivity contribution in [2.75, 3.05) is 6.54 Å². The molecule has 0 aromatic heterocycles. The van der Waals surface area contributed by atoms with Crippen LogP contribution in [0.15, 0.2) is 23.4 Å². The summed E-state index contributed by atoms with van der Waals surface area (Å²) in [5.74, 6) is 0.0257. The van der Waals surface area contributed by atoms with E-state index >= 15 is 0 Å². The van der Waals surface area contributed by atoms with Crippen LogP contribution in [0.2, 0.25) is 0 Å². The third kappa shape index (κ3) is 5.48. The van der Waals surface area contributed by atoms with Crippen molar-refractivity contribution in [2.24, 2.45) is 10.9 Å². The van der Waals surface area contributed by atoms with E-state index in [2.05, 4.69) is 10.5 Å². The number of benzene rings is 1. The number of nitrogens with one attached hydrogen (secondary N) is 1. The molecule has 0 spiro atoms. The third-order valence-electron chi connectivity index (χ3n) is 2.88. The molecule has 1 aromatic carbocycles. The van der Waals surface area contributed by atoms with Gasteiger partial charge in [0, 0.05) is 18.5 Å². The van der Waals surface area contributed by atoms with Gasteiger partial charge in [-0.1, -0.05) is 17.3 Å². The predicted molar refractivity (Wildman–Crippen MR) is 70.7 cm³/mol. The van der Waals surface area contributed by atoms with Gasteiger partial charge in [0.1, 0.15) is 0 Å². The van der Waals surface area contributed by atoms with Gasteiger partial charge in [0.05, 0.1) is 0 Å². The van der Waals surface area contributed by atoms with Gasteiger partial charge < -0.3 is 16.3 Å². The van der Waals surface area contributed by atoms with Crippen LogP contribution >= 0.6 is 0 Å². The van der Waals surface area contributed by atoms with Crippen LogP contribution in [-0.4, -0.2) is 23.8 Å². The molecule has 0 saturated heterocycles. The van der Waals surface area contributed by atoms with Gasteiger partial charge in [-0.2, -0.15) is 13.2 Å². The van der Waals surface area contributed by atoms with Gasteiger partial charge in [-0.25, -0.2) is 0 Å². The number of aryl methyl sites for hydroxylation is 1. The molecule has 20 heavy (non-hydrogen) atoms. The molecule has 0 aliphatic carbocycles. The van der Waals surface area contributed by atoms with Crippen LogP contribution < -0.4 is 11.1 Å². The number of nitrogens with two attached hydrogens (primary N) is 1. The molecule has 1 rings (SSSR count). The lowest BCUT2D eigenvalue weighted by atomic mass is 10.0. The minimum atomic E-state index is -4.10. The summed E-state index contributed by atoms with van der Waals surface area (Å²) in [6, 6.07) is 5.27. The zero-order valence-corrected chi connectivity index (χ0v) is 11.2. The second-order valence-electron chi connectivity index (χ2n) is 4.52. The van der Waals surface area contributed by atoms with E-state index in [1.807, 2.05) is 6.92 Å². The van der Waals surface area contributed by atoms with Gasteiger partial charge in [-0.15, -0.1) is 0 Å². The number of alkyl halides is 3. The van der Waals surface area contributed by atoms with Gasteiger partial charge in [0.25, 0.3) is 0 Å². The second-order valence-corrected chi connectivity index (χ2v) is 4.52. The highest BCUT2D eigenvalue weighted by atomic mass is 19.4. The number of halogens is 3. The average Bonchev–Trinajstić information content (AvgIpc) is 2.37. The molecule has 0 aliphatic rings. The monoisotopic (exact) mass is 289 g/mol. The lowest BCUT2D eigenvalue weighted by Gasteiger charge is -2.10. The first-order chi connectivity index (χ1) is 9.33. The van der Waals surface area contributed by atoms with E-state index in [1.54, 1.807) is 18.2 Å². The first-order valence-electron chi connectivity index (χ1n) is 6.18. The molecule has 112 valence electrons. The quantitative estimate of drug-likeness (QED) is 0.248. The predicted octanol–water partition coefficient (Wildman–Crippen LogP) is 2.52. The zero-order chi connectivity index (χ0) is 15.2. The Hall–Kier alpha value is -1.76. The highest BCUT2D eigenvalue weighted by Crippen LogP contribution is 2.20. The summed E-state index contributed by atoms with van der Waals surface area (Å²) in [6.45, 7) is 2.65. The Bertz CT molecular complexity index is 472. The highest BCUT2D eigenvalue weighted by Gasteiger charge is 2.25. The number of rotatable bonds is 6. The molecule has 0 saturated carbocycles. The van der Waals surface area contributed by atoms with Crippen molar-refractivity contribution >= 4 is 5.84 Å². The van der Waals surface area contributed by atoms with Gasteiger partial charge in [-0.05, 0) is 37.1 Å². The Morgan fingerprint density at radius 2 is 2.10 bits per heavy atom. The van der Waals surface area contributed by atoms with Crippen LogP contribution in [0.1, 0.15) is 29.5 Å². The molecule has 0 amide bonds. The summed E-state index contributed by atoms with van der Waals surface area (Å²) in [6.07, 6.45) is -4.81.